The van der Waals surface area contributed by atoms with Gasteiger partial charge < -0.3 is 14.9 Å². The molecule has 5 heteroatoms. The Balaban J connectivity index is 2.28. The van der Waals surface area contributed by atoms with Crippen LogP contribution in [0.3, 0.4) is 0 Å². The molecule has 1 unspecified atom stereocenters. The van der Waals surface area contributed by atoms with Crippen molar-refractivity contribution in [3.8, 4) is 0 Å². The SMILES string of the molecule is COC(=O)c1ccc(C(N)c2ccc(C)c(Br)c2)o1. The number of carbonyl (C=O) groups excluding carboxylic acids is 1. The Morgan fingerprint density at radius 3 is 2.74 bits per heavy atom. The number of benzene rings is 1. The Morgan fingerprint density at radius 2 is 2.11 bits per heavy atom. The average molecular weight is 324 g/mol. The molecule has 4 nitrogen and oxygen atoms in total. The molecule has 0 spiro atoms. The number of aryl methyl sites for hydroxylation is 1. The van der Waals surface area contributed by atoms with E-state index in [0.29, 0.717) is 5.76 Å². The van der Waals surface area contributed by atoms with Gasteiger partial charge in [-0.3, -0.25) is 0 Å². The molecule has 0 aliphatic carbocycles. The van der Waals surface area contributed by atoms with Gasteiger partial charge in [-0.15, -0.1) is 0 Å². The maximum absolute atomic E-state index is 11.3. The highest BCUT2D eigenvalue weighted by atomic mass is 79.9. The molecule has 2 aromatic rings. The van der Waals surface area contributed by atoms with Crippen LogP contribution in [-0.4, -0.2) is 13.1 Å². The zero-order valence-corrected chi connectivity index (χ0v) is 12.2. The van der Waals surface area contributed by atoms with Crippen molar-refractivity contribution in [1.82, 2.24) is 0 Å². The molecule has 1 heterocycles. The Hall–Kier alpha value is -1.59. The molecule has 0 saturated heterocycles. The van der Waals surface area contributed by atoms with Crippen molar-refractivity contribution in [2.24, 2.45) is 5.73 Å². The predicted octanol–water partition coefficient (Wildman–Crippen LogP) is 3.19. The lowest BCUT2D eigenvalue weighted by molar-refractivity contribution is 0.0562. The van der Waals surface area contributed by atoms with E-state index in [0.717, 1.165) is 15.6 Å². The highest BCUT2D eigenvalue weighted by molar-refractivity contribution is 9.10. The molecule has 1 aromatic carbocycles. The first-order valence-corrected chi connectivity index (χ1v) is 6.52. The fourth-order valence-corrected chi connectivity index (χ4v) is 2.09. The Morgan fingerprint density at radius 1 is 1.37 bits per heavy atom. The number of rotatable bonds is 3. The third-order valence-corrected chi connectivity index (χ3v) is 3.73. The molecule has 0 saturated carbocycles. The van der Waals surface area contributed by atoms with Crippen LogP contribution < -0.4 is 5.73 Å². The Labute approximate surface area is 119 Å². The van der Waals surface area contributed by atoms with E-state index < -0.39 is 12.0 Å². The summed E-state index contributed by atoms with van der Waals surface area (Å²) in [4.78, 5) is 11.3. The van der Waals surface area contributed by atoms with Crippen molar-refractivity contribution in [3.05, 3.63) is 57.5 Å². The van der Waals surface area contributed by atoms with Crippen LogP contribution in [0, 0.1) is 6.92 Å². The van der Waals surface area contributed by atoms with Gasteiger partial charge in [-0.2, -0.15) is 0 Å². The van der Waals surface area contributed by atoms with Crippen molar-refractivity contribution in [1.29, 1.82) is 0 Å². The van der Waals surface area contributed by atoms with Gasteiger partial charge in [0.05, 0.1) is 13.2 Å². The van der Waals surface area contributed by atoms with Crippen LogP contribution >= 0.6 is 15.9 Å². The minimum absolute atomic E-state index is 0.152. The minimum atomic E-state index is -0.511. The summed E-state index contributed by atoms with van der Waals surface area (Å²) in [6.07, 6.45) is 0. The summed E-state index contributed by atoms with van der Waals surface area (Å²) in [5.41, 5.74) is 8.16. The molecule has 0 amide bonds. The predicted molar refractivity (Wildman–Crippen MR) is 75.0 cm³/mol. The molecule has 100 valence electrons. The van der Waals surface area contributed by atoms with E-state index >= 15 is 0 Å². The molecule has 2 rings (SSSR count). The maximum atomic E-state index is 11.3. The Bertz CT molecular complexity index is 606. The number of ether oxygens (including phenoxy) is 1. The Kier molecular flexibility index (Phi) is 4.07. The first-order valence-electron chi connectivity index (χ1n) is 5.72. The van der Waals surface area contributed by atoms with Crippen LogP contribution in [0.1, 0.15) is 33.5 Å². The van der Waals surface area contributed by atoms with Crippen molar-refractivity contribution < 1.29 is 13.9 Å². The topological polar surface area (TPSA) is 65.5 Å². The van der Waals surface area contributed by atoms with Crippen LogP contribution in [0.25, 0.3) is 0 Å². The highest BCUT2D eigenvalue weighted by Gasteiger charge is 2.17. The number of furan rings is 1. The summed E-state index contributed by atoms with van der Waals surface area (Å²) in [6, 6.07) is 8.68. The maximum Gasteiger partial charge on any atom is 0.373 e. The van der Waals surface area contributed by atoms with Crippen LogP contribution in [0.5, 0.6) is 0 Å². The lowest BCUT2D eigenvalue weighted by atomic mass is 10.0. The monoisotopic (exact) mass is 323 g/mol. The van der Waals surface area contributed by atoms with Crippen molar-refractivity contribution in [2.45, 2.75) is 13.0 Å². The molecule has 0 radical (unpaired) electrons. The largest absolute Gasteiger partial charge is 0.463 e. The molecule has 0 bridgehead atoms. The molecule has 1 atom stereocenters. The first kappa shape index (κ1) is 13.8. The smallest absolute Gasteiger partial charge is 0.373 e. The van der Waals surface area contributed by atoms with Crippen molar-refractivity contribution in [3.63, 3.8) is 0 Å². The molecule has 19 heavy (non-hydrogen) atoms. The van der Waals surface area contributed by atoms with Gasteiger partial charge in [-0.1, -0.05) is 28.1 Å². The second kappa shape index (κ2) is 5.59. The van der Waals surface area contributed by atoms with Crippen molar-refractivity contribution >= 4 is 21.9 Å². The van der Waals surface area contributed by atoms with E-state index in [1.54, 1.807) is 12.1 Å². The van der Waals surface area contributed by atoms with Gasteiger partial charge in [0.25, 0.3) is 0 Å². The number of carbonyl (C=O) groups is 1. The van der Waals surface area contributed by atoms with Gasteiger partial charge in [0.1, 0.15) is 5.76 Å². The molecule has 2 N–H and O–H groups in total. The molecular weight excluding hydrogens is 310 g/mol. The normalized spacial score (nSPS) is 12.2. The van der Waals surface area contributed by atoms with Gasteiger partial charge in [0.2, 0.25) is 5.76 Å². The van der Waals surface area contributed by atoms with E-state index in [9.17, 15) is 4.79 Å². The second-order valence-corrected chi connectivity index (χ2v) is 5.03. The zero-order chi connectivity index (χ0) is 14.0. The van der Waals surface area contributed by atoms with E-state index in [1.807, 2.05) is 25.1 Å². The number of hydrogen-bond acceptors (Lipinski definition) is 4. The van der Waals surface area contributed by atoms with Crippen LogP contribution in [0.4, 0.5) is 0 Å². The summed E-state index contributed by atoms with van der Waals surface area (Å²) in [5.74, 6) is 0.166. The number of hydrogen-bond donors (Lipinski definition) is 1. The van der Waals surface area contributed by atoms with Gasteiger partial charge in [-0.05, 0) is 36.2 Å². The molecule has 0 aliphatic heterocycles. The third-order valence-electron chi connectivity index (χ3n) is 2.87. The highest BCUT2D eigenvalue weighted by Crippen LogP contribution is 2.26. The summed E-state index contributed by atoms with van der Waals surface area (Å²) < 4.78 is 11.0. The fourth-order valence-electron chi connectivity index (χ4n) is 1.70. The summed E-state index contributed by atoms with van der Waals surface area (Å²) >= 11 is 3.47. The third kappa shape index (κ3) is 2.88. The lowest BCUT2D eigenvalue weighted by Gasteiger charge is -2.10. The summed E-state index contributed by atoms with van der Waals surface area (Å²) in [5, 5.41) is 0. The quantitative estimate of drug-likeness (QED) is 0.881. The fraction of sp³-hybridized carbons (Fsp3) is 0.214. The van der Waals surface area contributed by atoms with E-state index in [1.165, 1.54) is 7.11 Å². The van der Waals surface area contributed by atoms with Crippen molar-refractivity contribution in [2.75, 3.05) is 7.11 Å². The van der Waals surface area contributed by atoms with Gasteiger partial charge in [0, 0.05) is 4.47 Å². The van der Waals surface area contributed by atoms with E-state index in [4.69, 9.17) is 10.2 Å². The minimum Gasteiger partial charge on any atom is -0.463 e. The molecular formula is C14H14BrNO3. The van der Waals surface area contributed by atoms with Crippen LogP contribution in [0.2, 0.25) is 0 Å². The summed E-state index contributed by atoms with van der Waals surface area (Å²) in [6.45, 7) is 2.00. The van der Waals surface area contributed by atoms with Crippen LogP contribution in [-0.2, 0) is 4.74 Å². The number of nitrogens with two attached hydrogens (primary N) is 1. The number of halogens is 1. The lowest BCUT2D eigenvalue weighted by Crippen LogP contribution is -2.11. The number of methoxy groups -OCH3 is 1. The van der Waals surface area contributed by atoms with Gasteiger partial charge in [0.15, 0.2) is 0 Å². The second-order valence-electron chi connectivity index (χ2n) is 4.18. The van der Waals surface area contributed by atoms with Crippen LogP contribution in [0.15, 0.2) is 39.2 Å². The molecule has 0 aliphatic rings. The molecule has 1 aromatic heterocycles. The standard InChI is InChI=1S/C14H14BrNO3/c1-8-3-4-9(7-10(8)15)13(16)11-5-6-12(19-11)14(17)18-2/h3-7,13H,16H2,1-2H3. The van der Waals surface area contributed by atoms with E-state index in [2.05, 4.69) is 20.7 Å². The average Bonchev–Trinajstić information content (AvgIpc) is 2.89. The summed E-state index contributed by atoms with van der Waals surface area (Å²) in [7, 11) is 1.31. The molecule has 0 fully saturated rings. The van der Waals surface area contributed by atoms with E-state index in [-0.39, 0.29) is 5.76 Å². The zero-order valence-electron chi connectivity index (χ0n) is 10.6. The number of esters is 1. The first-order chi connectivity index (χ1) is 9.02. The van der Waals surface area contributed by atoms with Gasteiger partial charge >= 0.3 is 5.97 Å². The van der Waals surface area contributed by atoms with Gasteiger partial charge in [-0.25, -0.2) is 4.79 Å².